The van der Waals surface area contributed by atoms with Crippen molar-refractivity contribution in [3.63, 3.8) is 0 Å². The first-order valence-electron chi connectivity index (χ1n) is 18.5. The Morgan fingerprint density at radius 1 is 1.07 bits per heavy atom. The molecule has 298 valence electrons. The smallest absolute Gasteiger partial charge is 0.220 e. The molecule has 6 aromatic rings. The highest BCUT2D eigenvalue weighted by atomic mass is 17.2. The molecule has 17 heteroatoms. The quantitative estimate of drug-likeness (QED) is 0.0568. The maximum Gasteiger partial charge on any atom is 0.220 e. The lowest BCUT2D eigenvalue weighted by atomic mass is 9.83. The summed E-state index contributed by atoms with van der Waals surface area (Å²) in [6, 6.07) is 8.06. The summed E-state index contributed by atoms with van der Waals surface area (Å²) in [5.41, 5.74) is -0.652. The van der Waals surface area contributed by atoms with Gasteiger partial charge in [-0.3, -0.25) is 9.59 Å². The number of carbonyl (C=O) groups is 1. The second-order valence-corrected chi connectivity index (χ2v) is 15.3. The zero-order valence-corrected chi connectivity index (χ0v) is 30.8. The molecule has 1 aromatic carbocycles. The minimum atomic E-state index is -2.58. The number of amides is 1. The number of carbonyl (C=O) groups excluding carboxylic acids is 1. The molecule has 56 heavy (non-hydrogen) atoms. The van der Waals surface area contributed by atoms with Gasteiger partial charge in [0.25, 0.3) is 0 Å². The van der Waals surface area contributed by atoms with E-state index >= 15 is 0 Å². The third-order valence-corrected chi connectivity index (χ3v) is 11.4. The molecule has 7 atom stereocenters. The van der Waals surface area contributed by atoms with E-state index in [9.17, 15) is 40.2 Å². The van der Waals surface area contributed by atoms with Crippen molar-refractivity contribution in [1.82, 2.24) is 24.4 Å². The molecule has 1 amide bonds. The number of aromatic hydroxyl groups is 1. The Morgan fingerprint density at radius 2 is 1.86 bits per heavy atom. The molecule has 2 aliphatic rings. The number of rotatable bonds is 14. The van der Waals surface area contributed by atoms with Crippen molar-refractivity contribution in [2.24, 2.45) is 5.92 Å². The molecule has 1 fully saturated rings. The fourth-order valence-electron chi connectivity index (χ4n) is 8.06. The highest BCUT2D eigenvalue weighted by Gasteiger charge is 2.49. The van der Waals surface area contributed by atoms with Crippen LogP contribution in [-0.2, 0) is 27.5 Å². The van der Waals surface area contributed by atoms with Gasteiger partial charge in [0.15, 0.2) is 22.6 Å². The third-order valence-electron chi connectivity index (χ3n) is 11.4. The van der Waals surface area contributed by atoms with E-state index < -0.39 is 55.4 Å². The molecule has 2 aliphatic heterocycles. The molecule has 8 rings (SSSR count). The van der Waals surface area contributed by atoms with Crippen LogP contribution in [0.5, 0.6) is 11.6 Å². The average Bonchev–Trinajstić information content (AvgIpc) is 4.00. The summed E-state index contributed by atoms with van der Waals surface area (Å²) in [6.07, 6.45) is 1.96. The minimum Gasteiger partial charge on any atom is -0.494 e. The number of fused-ring (bicyclic) bond motifs is 4. The van der Waals surface area contributed by atoms with Crippen LogP contribution >= 0.6 is 0 Å². The van der Waals surface area contributed by atoms with Gasteiger partial charge in [0.2, 0.25) is 5.91 Å². The van der Waals surface area contributed by atoms with Gasteiger partial charge in [-0.15, -0.1) is 0 Å². The Labute approximate surface area is 318 Å². The van der Waals surface area contributed by atoms with Crippen molar-refractivity contribution in [3.05, 3.63) is 76.7 Å². The van der Waals surface area contributed by atoms with Gasteiger partial charge in [-0.05, 0) is 50.8 Å². The predicted octanol–water partition coefficient (Wildman–Crippen LogP) is 1.79. The van der Waals surface area contributed by atoms with E-state index in [4.69, 9.17) is 18.9 Å². The molecule has 0 bridgehead atoms. The van der Waals surface area contributed by atoms with Crippen molar-refractivity contribution < 1.29 is 54.4 Å². The molecule has 1 saturated heterocycles. The monoisotopic (exact) mass is 775 g/mol. The Balaban J connectivity index is 1.12. The summed E-state index contributed by atoms with van der Waals surface area (Å²) in [6.45, 7) is 1.79. The summed E-state index contributed by atoms with van der Waals surface area (Å²) in [5.74, 6) is 0.606. The van der Waals surface area contributed by atoms with Crippen LogP contribution in [0.4, 0.5) is 0 Å². The molecule has 17 nitrogen and oxygen atoms in total. The number of hydrogen-bond acceptors (Lipinski definition) is 12. The largest absolute Gasteiger partial charge is 0.494 e. The molecule has 5 aromatic heterocycles. The molecule has 9 N–H and O–H groups in total. The van der Waals surface area contributed by atoms with E-state index in [1.165, 1.54) is 16.7 Å². The van der Waals surface area contributed by atoms with Crippen LogP contribution in [0.1, 0.15) is 37.5 Å². The lowest BCUT2D eigenvalue weighted by Gasteiger charge is -2.43. The Hall–Kier alpha value is -5.14. The van der Waals surface area contributed by atoms with E-state index in [-0.39, 0.29) is 29.6 Å². The number of aliphatic hydroxyl groups excluding tert-OH is 4. The first kappa shape index (κ1) is 37.8. The second kappa shape index (κ2) is 14.4. The number of aryl methyl sites for hydroxylation is 1. The lowest BCUT2D eigenvalue weighted by molar-refractivity contribution is -0.365. The maximum atomic E-state index is 13.4. The normalized spacial score (nSPS) is 22.6. The maximum absolute atomic E-state index is 13.4. The van der Waals surface area contributed by atoms with Crippen molar-refractivity contribution in [2.45, 2.75) is 81.7 Å². The number of aromatic amines is 2. The summed E-state index contributed by atoms with van der Waals surface area (Å²) >= 11 is 0. The fraction of sp³-hybridized carbons (Fsp3) is 0.436. The number of nitrogens with one attached hydrogen (secondary N) is 3. The molecular weight excluding hydrogens is 730 g/mol. The van der Waals surface area contributed by atoms with Gasteiger partial charge >= 0.3 is 0 Å². The second-order valence-electron chi connectivity index (χ2n) is 15.3. The van der Waals surface area contributed by atoms with Crippen LogP contribution in [0.25, 0.3) is 38.6 Å². The van der Waals surface area contributed by atoms with E-state index in [2.05, 4.69) is 15.3 Å². The van der Waals surface area contributed by atoms with Gasteiger partial charge in [0.05, 0.1) is 35.1 Å². The molecule has 0 spiro atoms. The highest BCUT2D eigenvalue weighted by Crippen LogP contribution is 2.45. The van der Waals surface area contributed by atoms with Crippen molar-refractivity contribution in [3.8, 4) is 17.3 Å². The standard InChI is InChI=1S/C39H45N5O12/c1-20-9-28(46)24-11-23-12-31(56-53-18-30(48)39(52,37(51)29(47)17-45)19-44-27-5-8-40-25(27)13-33(44)50)38(2,6-3-21-10-32(49)42-14-21)55-35(23)34(36(24)54-20)43-15-22-4-7-41-26(22)16-43/h4-5,7-9,11,13,15-16,21,29-31,37,40-41,45,47-48,50-52H,3,6,10,12,14,17-19H2,1-2H3,(H,42,49)/t21-,29+,30-,31+,37+,38+,39+/m0/s1. The van der Waals surface area contributed by atoms with Crippen LogP contribution in [0.15, 0.2) is 64.3 Å². The SMILES string of the molecule is Cc1cc(=O)c2cc3c(c(-n4cc5cc[nH]c5c4)c2o1)O[C@](C)(CC[C@@H]1CNC(=O)C1)[C@H](OOC[C@H](O)[C@](O)(Cn1c(O)cc2[nH]ccc21)[C@H](O)[C@H](O)CO)C3. The number of hydrogen-bond donors (Lipinski definition) is 9. The van der Waals surface area contributed by atoms with Gasteiger partial charge < -0.3 is 64.2 Å². The summed E-state index contributed by atoms with van der Waals surface area (Å²) in [4.78, 5) is 43.3. The van der Waals surface area contributed by atoms with Crippen LogP contribution in [0, 0.1) is 12.8 Å². The van der Waals surface area contributed by atoms with Crippen molar-refractivity contribution in [2.75, 3.05) is 19.8 Å². The Morgan fingerprint density at radius 3 is 2.61 bits per heavy atom. The fourth-order valence-corrected chi connectivity index (χ4v) is 8.06. The number of benzene rings is 1. The van der Waals surface area contributed by atoms with E-state index in [0.717, 1.165) is 10.9 Å². The number of H-pyrrole nitrogens is 2. The highest BCUT2D eigenvalue weighted by molar-refractivity contribution is 5.91. The first-order chi connectivity index (χ1) is 26.8. The van der Waals surface area contributed by atoms with Crippen molar-refractivity contribution >= 4 is 38.8 Å². The predicted molar refractivity (Wildman–Crippen MR) is 200 cm³/mol. The number of aliphatic hydroxyl groups is 5. The number of nitrogens with zero attached hydrogens (tertiary/aromatic N) is 2. The lowest BCUT2D eigenvalue weighted by Crippen LogP contribution is -2.61. The van der Waals surface area contributed by atoms with E-state index in [1.54, 1.807) is 25.3 Å². The van der Waals surface area contributed by atoms with Crippen LogP contribution in [0.3, 0.4) is 0 Å². The van der Waals surface area contributed by atoms with Gasteiger partial charge in [-0.25, -0.2) is 9.78 Å². The number of aromatic nitrogens is 4. The molecule has 0 aliphatic carbocycles. The topological polar surface area (TPSA) is 250 Å². The van der Waals surface area contributed by atoms with Crippen LogP contribution in [-0.4, -0.2) is 111 Å². The Bertz CT molecular complexity index is 2430. The van der Waals surface area contributed by atoms with Crippen LogP contribution < -0.4 is 15.5 Å². The molecular formula is C39H45N5O12. The third kappa shape index (κ3) is 6.64. The zero-order chi connectivity index (χ0) is 39.5. The van der Waals surface area contributed by atoms with E-state index in [0.29, 0.717) is 70.6 Å². The number of ether oxygens (including phenoxy) is 1. The molecule has 0 radical (unpaired) electrons. The van der Waals surface area contributed by atoms with Gasteiger partial charge in [0, 0.05) is 67.3 Å². The molecule has 0 saturated carbocycles. The van der Waals surface area contributed by atoms with Gasteiger partial charge in [-0.1, -0.05) is 0 Å². The van der Waals surface area contributed by atoms with Crippen molar-refractivity contribution in [1.29, 1.82) is 0 Å². The summed E-state index contributed by atoms with van der Waals surface area (Å²) < 4.78 is 16.2. The minimum absolute atomic E-state index is 0.0332. The molecule has 7 heterocycles. The van der Waals surface area contributed by atoms with Crippen LogP contribution in [0.2, 0.25) is 0 Å². The summed E-state index contributed by atoms with van der Waals surface area (Å²) in [7, 11) is 0. The zero-order valence-electron chi connectivity index (χ0n) is 30.8. The van der Waals surface area contributed by atoms with Gasteiger partial charge in [0.1, 0.15) is 53.7 Å². The molecule has 0 unspecified atom stereocenters. The first-order valence-corrected chi connectivity index (χ1v) is 18.5. The average molecular weight is 776 g/mol. The van der Waals surface area contributed by atoms with E-state index in [1.807, 2.05) is 36.1 Å². The van der Waals surface area contributed by atoms with Gasteiger partial charge in [-0.2, -0.15) is 0 Å². The Kier molecular flexibility index (Phi) is 9.72. The summed E-state index contributed by atoms with van der Waals surface area (Å²) in [5, 5.41) is 69.0.